The van der Waals surface area contributed by atoms with E-state index >= 15 is 0 Å². The van der Waals surface area contributed by atoms with Gasteiger partial charge in [0.25, 0.3) is 11.8 Å². The Hall–Kier alpha value is -3.59. The van der Waals surface area contributed by atoms with E-state index < -0.39 is 18.5 Å². The highest BCUT2D eigenvalue weighted by molar-refractivity contribution is 7.98. The molecule has 0 radical (unpaired) electrons. The van der Waals surface area contributed by atoms with E-state index in [0.29, 0.717) is 35.0 Å². The SMILES string of the molecule is Cc1noc(C)c1CSc1ccccc1C(=O)OCC(=O)Nc1ccccc1C(=O)NCC(C)C. The number of aromatic nitrogens is 1. The van der Waals surface area contributed by atoms with Gasteiger partial charge in [0, 0.05) is 22.8 Å². The number of esters is 1. The van der Waals surface area contributed by atoms with Gasteiger partial charge in [-0.3, -0.25) is 9.59 Å². The molecule has 3 rings (SSSR count). The van der Waals surface area contributed by atoms with Gasteiger partial charge < -0.3 is 19.9 Å². The summed E-state index contributed by atoms with van der Waals surface area (Å²) in [5.41, 5.74) is 2.85. The largest absolute Gasteiger partial charge is 0.452 e. The molecule has 3 aromatic rings. The molecular formula is C26H29N3O5S. The highest BCUT2D eigenvalue weighted by Gasteiger charge is 2.18. The second kappa shape index (κ2) is 12.2. The maximum absolute atomic E-state index is 12.7. The number of hydrogen-bond acceptors (Lipinski definition) is 7. The first-order chi connectivity index (χ1) is 16.8. The van der Waals surface area contributed by atoms with Crippen molar-refractivity contribution in [2.45, 2.75) is 38.3 Å². The van der Waals surface area contributed by atoms with Crippen LogP contribution < -0.4 is 10.6 Å². The Kier molecular flexibility index (Phi) is 9.08. The van der Waals surface area contributed by atoms with Crippen molar-refractivity contribution in [1.29, 1.82) is 0 Å². The summed E-state index contributed by atoms with van der Waals surface area (Å²) in [5.74, 6) is 0.196. The first kappa shape index (κ1) is 26.0. The lowest BCUT2D eigenvalue weighted by Crippen LogP contribution is -2.29. The van der Waals surface area contributed by atoms with Gasteiger partial charge in [0.2, 0.25) is 0 Å². The Morgan fingerprint density at radius 1 is 1.03 bits per heavy atom. The minimum Gasteiger partial charge on any atom is -0.452 e. The predicted octanol–water partition coefficient (Wildman–Crippen LogP) is 4.77. The number of rotatable bonds is 10. The summed E-state index contributed by atoms with van der Waals surface area (Å²) >= 11 is 1.46. The van der Waals surface area contributed by atoms with Crippen LogP contribution in [0.3, 0.4) is 0 Å². The summed E-state index contributed by atoms with van der Waals surface area (Å²) in [5, 5.41) is 9.44. The van der Waals surface area contributed by atoms with E-state index in [4.69, 9.17) is 9.26 Å². The lowest BCUT2D eigenvalue weighted by molar-refractivity contribution is -0.119. The Morgan fingerprint density at radius 2 is 1.71 bits per heavy atom. The maximum atomic E-state index is 12.7. The summed E-state index contributed by atoms with van der Waals surface area (Å²) in [4.78, 5) is 38.4. The van der Waals surface area contributed by atoms with Gasteiger partial charge in [0.05, 0.1) is 22.5 Å². The molecule has 0 saturated heterocycles. The number of nitrogens with zero attached hydrogens (tertiary/aromatic N) is 1. The second-order valence-electron chi connectivity index (χ2n) is 8.36. The standard InChI is InChI=1S/C26H29N3O5S/c1-16(2)13-27-25(31)19-9-5-7-11-22(19)28-24(30)14-33-26(32)20-10-6-8-12-23(20)35-15-21-17(3)29-34-18(21)4/h5-12,16H,13-15H2,1-4H3,(H,27,31)(H,28,30). The second-order valence-corrected chi connectivity index (χ2v) is 9.38. The van der Waals surface area contributed by atoms with Crippen LogP contribution in [-0.2, 0) is 15.3 Å². The Labute approximate surface area is 208 Å². The van der Waals surface area contributed by atoms with E-state index in [2.05, 4.69) is 15.8 Å². The summed E-state index contributed by atoms with van der Waals surface area (Å²) in [6.45, 7) is 7.75. The van der Waals surface area contributed by atoms with Crippen molar-refractivity contribution in [2.75, 3.05) is 18.5 Å². The van der Waals surface area contributed by atoms with E-state index in [0.717, 1.165) is 21.9 Å². The van der Waals surface area contributed by atoms with Crippen molar-refractivity contribution in [3.05, 3.63) is 76.7 Å². The van der Waals surface area contributed by atoms with Gasteiger partial charge in [-0.1, -0.05) is 43.3 Å². The first-order valence-electron chi connectivity index (χ1n) is 11.2. The zero-order valence-electron chi connectivity index (χ0n) is 20.2. The van der Waals surface area contributed by atoms with Crippen LogP contribution in [0.25, 0.3) is 0 Å². The molecule has 2 N–H and O–H groups in total. The normalized spacial score (nSPS) is 10.8. The molecule has 0 spiro atoms. The quantitative estimate of drug-likeness (QED) is 0.308. The third-order valence-electron chi connectivity index (χ3n) is 5.11. The molecule has 1 aromatic heterocycles. The molecule has 0 bridgehead atoms. The lowest BCUT2D eigenvalue weighted by atomic mass is 10.1. The Morgan fingerprint density at radius 3 is 2.40 bits per heavy atom. The van der Waals surface area contributed by atoms with Crippen molar-refractivity contribution >= 4 is 35.2 Å². The van der Waals surface area contributed by atoms with Crippen LogP contribution in [0.2, 0.25) is 0 Å². The van der Waals surface area contributed by atoms with Gasteiger partial charge >= 0.3 is 5.97 Å². The monoisotopic (exact) mass is 495 g/mol. The van der Waals surface area contributed by atoms with Crippen molar-refractivity contribution in [3.8, 4) is 0 Å². The van der Waals surface area contributed by atoms with Gasteiger partial charge in [-0.25, -0.2) is 4.79 Å². The van der Waals surface area contributed by atoms with Crippen LogP contribution in [0.4, 0.5) is 5.69 Å². The van der Waals surface area contributed by atoms with E-state index in [1.54, 1.807) is 36.4 Å². The van der Waals surface area contributed by atoms with Crippen LogP contribution >= 0.6 is 11.8 Å². The van der Waals surface area contributed by atoms with Crippen LogP contribution in [0.15, 0.2) is 57.9 Å². The molecule has 0 aliphatic heterocycles. The fraction of sp³-hybridized carbons (Fsp3) is 0.308. The zero-order valence-corrected chi connectivity index (χ0v) is 21.0. The first-order valence-corrected chi connectivity index (χ1v) is 12.2. The topological polar surface area (TPSA) is 111 Å². The highest BCUT2D eigenvalue weighted by atomic mass is 32.2. The average molecular weight is 496 g/mol. The smallest absolute Gasteiger partial charge is 0.339 e. The molecule has 35 heavy (non-hydrogen) atoms. The number of hydrogen-bond donors (Lipinski definition) is 2. The van der Waals surface area contributed by atoms with E-state index in [1.807, 2.05) is 39.8 Å². The summed E-state index contributed by atoms with van der Waals surface area (Å²) in [6.07, 6.45) is 0. The number of anilines is 1. The highest BCUT2D eigenvalue weighted by Crippen LogP contribution is 2.29. The molecule has 0 unspecified atom stereocenters. The van der Waals surface area contributed by atoms with Crippen LogP contribution in [0.5, 0.6) is 0 Å². The van der Waals surface area contributed by atoms with Crippen molar-refractivity contribution in [2.24, 2.45) is 5.92 Å². The minimum atomic E-state index is -0.607. The molecule has 0 aliphatic carbocycles. The van der Waals surface area contributed by atoms with Crippen molar-refractivity contribution in [3.63, 3.8) is 0 Å². The zero-order chi connectivity index (χ0) is 25.4. The molecule has 184 valence electrons. The van der Waals surface area contributed by atoms with Crippen molar-refractivity contribution < 1.29 is 23.6 Å². The lowest BCUT2D eigenvalue weighted by Gasteiger charge is -2.13. The average Bonchev–Trinajstić information content (AvgIpc) is 3.17. The summed E-state index contributed by atoms with van der Waals surface area (Å²) in [6, 6.07) is 13.7. The van der Waals surface area contributed by atoms with Gasteiger partial charge in [-0.15, -0.1) is 11.8 Å². The Bertz CT molecular complexity index is 1190. The molecule has 0 saturated carbocycles. The van der Waals surface area contributed by atoms with Crippen LogP contribution in [-0.4, -0.2) is 36.1 Å². The number of para-hydroxylation sites is 1. The van der Waals surface area contributed by atoms with Crippen molar-refractivity contribution in [1.82, 2.24) is 10.5 Å². The molecular weight excluding hydrogens is 466 g/mol. The number of carbonyl (C=O) groups excluding carboxylic acids is 3. The van der Waals surface area contributed by atoms with Crippen LogP contribution in [0, 0.1) is 19.8 Å². The Balaban J connectivity index is 1.60. The van der Waals surface area contributed by atoms with Crippen LogP contribution in [0.1, 0.15) is 51.6 Å². The molecule has 0 fully saturated rings. The van der Waals surface area contributed by atoms with Gasteiger partial charge in [-0.2, -0.15) is 0 Å². The number of nitrogens with one attached hydrogen (secondary N) is 2. The molecule has 2 aromatic carbocycles. The fourth-order valence-electron chi connectivity index (χ4n) is 3.20. The summed E-state index contributed by atoms with van der Waals surface area (Å²) < 4.78 is 10.5. The number of carbonyl (C=O) groups is 3. The molecule has 1 heterocycles. The number of benzene rings is 2. The molecule has 8 nitrogen and oxygen atoms in total. The number of amides is 2. The third-order valence-corrected chi connectivity index (χ3v) is 6.21. The van der Waals surface area contributed by atoms with E-state index in [1.165, 1.54) is 11.8 Å². The molecule has 9 heteroatoms. The minimum absolute atomic E-state index is 0.282. The molecule has 2 amide bonds. The molecule has 0 aliphatic rings. The fourth-order valence-corrected chi connectivity index (χ4v) is 4.39. The summed E-state index contributed by atoms with van der Waals surface area (Å²) in [7, 11) is 0. The van der Waals surface area contributed by atoms with E-state index in [-0.39, 0.29) is 5.91 Å². The maximum Gasteiger partial charge on any atom is 0.339 e. The third kappa shape index (κ3) is 7.19. The number of thioether (sulfide) groups is 1. The number of ether oxygens (including phenoxy) is 1. The van der Waals surface area contributed by atoms with Gasteiger partial charge in [0.1, 0.15) is 5.76 Å². The van der Waals surface area contributed by atoms with Gasteiger partial charge in [0.15, 0.2) is 6.61 Å². The predicted molar refractivity (Wildman–Crippen MR) is 135 cm³/mol. The number of aryl methyl sites for hydroxylation is 2. The van der Waals surface area contributed by atoms with Gasteiger partial charge in [-0.05, 0) is 44.0 Å². The van der Waals surface area contributed by atoms with E-state index in [9.17, 15) is 14.4 Å². The molecule has 0 atom stereocenters.